The number of aromatic nitrogens is 2. The molecule has 0 aliphatic heterocycles. The van der Waals surface area contributed by atoms with Crippen LogP contribution in [0, 0.1) is 5.82 Å². The predicted octanol–water partition coefficient (Wildman–Crippen LogP) is 2.38. The Labute approximate surface area is 144 Å². The molecule has 1 N–H and O–H groups in total. The number of hydrogen-bond acceptors (Lipinski definition) is 5. The molecule has 0 atom stereocenters. The summed E-state index contributed by atoms with van der Waals surface area (Å²) in [6.45, 7) is 3.51. The molecule has 0 spiro atoms. The normalized spacial score (nSPS) is 10.9. The summed E-state index contributed by atoms with van der Waals surface area (Å²) in [6.07, 6.45) is 0.284. The van der Waals surface area contributed by atoms with Crippen LogP contribution in [0.25, 0.3) is 0 Å². The van der Waals surface area contributed by atoms with E-state index in [1.165, 1.54) is 29.2 Å². The third kappa shape index (κ3) is 5.66. The van der Waals surface area contributed by atoms with Crippen molar-refractivity contribution >= 4 is 11.9 Å². The first-order chi connectivity index (χ1) is 11.8. The number of hydrogen-bond donors (Lipinski definition) is 1. The van der Waals surface area contributed by atoms with Crippen LogP contribution in [-0.4, -0.2) is 38.6 Å². The first-order valence-electron chi connectivity index (χ1n) is 7.91. The molecule has 0 aliphatic rings. The SMILES string of the molecule is CC(C)c1noc(CCC(=O)N(CC(=O)O)Cc2ccc(F)cc2)n1. The maximum atomic E-state index is 13.0. The lowest BCUT2D eigenvalue weighted by atomic mass is 10.2. The highest BCUT2D eigenvalue weighted by molar-refractivity contribution is 5.81. The quantitative estimate of drug-likeness (QED) is 0.786. The summed E-state index contributed by atoms with van der Waals surface area (Å²) in [5, 5.41) is 12.8. The third-order valence-electron chi connectivity index (χ3n) is 3.52. The summed E-state index contributed by atoms with van der Waals surface area (Å²) < 4.78 is 18.0. The molecule has 1 aromatic heterocycles. The highest BCUT2D eigenvalue weighted by Crippen LogP contribution is 2.12. The van der Waals surface area contributed by atoms with Crippen molar-refractivity contribution in [1.82, 2.24) is 15.0 Å². The fourth-order valence-electron chi connectivity index (χ4n) is 2.18. The summed E-state index contributed by atoms with van der Waals surface area (Å²) >= 11 is 0. The van der Waals surface area contributed by atoms with Gasteiger partial charge in [-0.2, -0.15) is 4.98 Å². The van der Waals surface area contributed by atoms with E-state index in [1.54, 1.807) is 0 Å². The van der Waals surface area contributed by atoms with Crippen LogP contribution < -0.4 is 0 Å². The number of aliphatic carboxylic acids is 1. The molecule has 7 nitrogen and oxygen atoms in total. The molecule has 1 amide bonds. The molecule has 1 aromatic carbocycles. The van der Waals surface area contributed by atoms with Gasteiger partial charge in [0.2, 0.25) is 11.8 Å². The van der Waals surface area contributed by atoms with Gasteiger partial charge in [0.15, 0.2) is 5.82 Å². The van der Waals surface area contributed by atoms with Gasteiger partial charge < -0.3 is 14.5 Å². The van der Waals surface area contributed by atoms with Gasteiger partial charge in [0, 0.05) is 25.3 Å². The van der Waals surface area contributed by atoms with Gasteiger partial charge in [-0.1, -0.05) is 31.1 Å². The van der Waals surface area contributed by atoms with E-state index in [9.17, 15) is 14.0 Å². The lowest BCUT2D eigenvalue weighted by Gasteiger charge is -2.20. The molecule has 0 saturated carbocycles. The molecule has 0 fully saturated rings. The fourth-order valence-corrected chi connectivity index (χ4v) is 2.18. The largest absolute Gasteiger partial charge is 0.480 e. The molecule has 0 radical (unpaired) electrons. The zero-order valence-corrected chi connectivity index (χ0v) is 14.1. The first kappa shape index (κ1) is 18.6. The van der Waals surface area contributed by atoms with E-state index in [4.69, 9.17) is 9.63 Å². The number of amides is 1. The number of carbonyl (C=O) groups excluding carboxylic acids is 1. The zero-order chi connectivity index (χ0) is 18.4. The van der Waals surface area contributed by atoms with Gasteiger partial charge in [-0.15, -0.1) is 0 Å². The Balaban J connectivity index is 1.99. The van der Waals surface area contributed by atoms with Crippen LogP contribution in [0.2, 0.25) is 0 Å². The lowest BCUT2D eigenvalue weighted by molar-refractivity contribution is -0.144. The van der Waals surface area contributed by atoms with Crippen molar-refractivity contribution in [3.8, 4) is 0 Å². The number of rotatable bonds is 8. The summed E-state index contributed by atoms with van der Waals surface area (Å²) in [5.74, 6) is -0.830. The lowest BCUT2D eigenvalue weighted by Crippen LogP contribution is -2.35. The van der Waals surface area contributed by atoms with Crippen molar-refractivity contribution in [2.24, 2.45) is 0 Å². The third-order valence-corrected chi connectivity index (χ3v) is 3.52. The Kier molecular flexibility index (Phi) is 6.21. The van der Waals surface area contributed by atoms with Crippen LogP contribution in [0.4, 0.5) is 4.39 Å². The van der Waals surface area contributed by atoms with Crippen molar-refractivity contribution in [3.63, 3.8) is 0 Å². The Morgan fingerprint density at radius 1 is 1.28 bits per heavy atom. The predicted molar refractivity (Wildman–Crippen MR) is 86.2 cm³/mol. The van der Waals surface area contributed by atoms with Gasteiger partial charge in [0.05, 0.1) is 0 Å². The number of aryl methyl sites for hydroxylation is 1. The van der Waals surface area contributed by atoms with Crippen molar-refractivity contribution in [2.75, 3.05) is 6.54 Å². The number of carbonyl (C=O) groups is 2. The Hall–Kier alpha value is -2.77. The van der Waals surface area contributed by atoms with Crippen LogP contribution in [0.5, 0.6) is 0 Å². The van der Waals surface area contributed by atoms with Gasteiger partial charge in [-0.25, -0.2) is 4.39 Å². The number of benzene rings is 1. The number of carboxylic acid groups (broad SMARTS) is 1. The van der Waals surface area contributed by atoms with E-state index in [0.29, 0.717) is 17.3 Å². The molecular formula is C17H20FN3O4. The molecule has 0 bridgehead atoms. The number of nitrogens with zero attached hydrogens (tertiary/aromatic N) is 3. The van der Waals surface area contributed by atoms with Gasteiger partial charge in [0.1, 0.15) is 12.4 Å². The molecule has 2 rings (SSSR count). The monoisotopic (exact) mass is 349 g/mol. The van der Waals surface area contributed by atoms with E-state index in [-0.39, 0.29) is 31.2 Å². The van der Waals surface area contributed by atoms with E-state index in [0.717, 1.165) is 0 Å². The maximum absolute atomic E-state index is 13.0. The van der Waals surface area contributed by atoms with Crippen LogP contribution in [0.3, 0.4) is 0 Å². The Bertz CT molecular complexity index is 728. The van der Waals surface area contributed by atoms with Crippen LogP contribution in [0.1, 0.15) is 43.5 Å². The van der Waals surface area contributed by atoms with E-state index in [1.807, 2.05) is 13.8 Å². The fraction of sp³-hybridized carbons (Fsp3) is 0.412. The topological polar surface area (TPSA) is 96.5 Å². The van der Waals surface area contributed by atoms with E-state index >= 15 is 0 Å². The summed E-state index contributed by atoms with van der Waals surface area (Å²) in [6, 6.07) is 5.57. The highest BCUT2D eigenvalue weighted by atomic mass is 19.1. The summed E-state index contributed by atoms with van der Waals surface area (Å²) in [4.78, 5) is 28.8. The van der Waals surface area contributed by atoms with Gasteiger partial charge in [0.25, 0.3) is 0 Å². The molecule has 25 heavy (non-hydrogen) atoms. The van der Waals surface area contributed by atoms with Crippen LogP contribution in [0.15, 0.2) is 28.8 Å². The number of carboxylic acids is 1. The van der Waals surface area contributed by atoms with Gasteiger partial charge in [-0.3, -0.25) is 9.59 Å². The first-order valence-corrected chi connectivity index (χ1v) is 7.91. The average Bonchev–Trinajstić information content (AvgIpc) is 3.03. The van der Waals surface area contributed by atoms with Crippen LogP contribution in [-0.2, 0) is 22.6 Å². The van der Waals surface area contributed by atoms with Gasteiger partial charge >= 0.3 is 5.97 Å². The second kappa shape index (κ2) is 8.36. The molecule has 0 unspecified atom stereocenters. The van der Waals surface area contributed by atoms with Crippen molar-refractivity contribution in [1.29, 1.82) is 0 Å². The molecule has 1 heterocycles. The Morgan fingerprint density at radius 3 is 2.52 bits per heavy atom. The maximum Gasteiger partial charge on any atom is 0.323 e. The zero-order valence-electron chi connectivity index (χ0n) is 14.1. The van der Waals surface area contributed by atoms with Crippen molar-refractivity contribution in [2.45, 2.75) is 39.2 Å². The Morgan fingerprint density at radius 2 is 1.96 bits per heavy atom. The second-order valence-corrected chi connectivity index (χ2v) is 5.97. The highest BCUT2D eigenvalue weighted by Gasteiger charge is 2.19. The minimum Gasteiger partial charge on any atom is -0.480 e. The second-order valence-electron chi connectivity index (χ2n) is 5.97. The molecule has 8 heteroatoms. The summed E-state index contributed by atoms with van der Waals surface area (Å²) in [7, 11) is 0. The molecule has 2 aromatic rings. The molecule has 134 valence electrons. The average molecular weight is 349 g/mol. The smallest absolute Gasteiger partial charge is 0.323 e. The van der Waals surface area contributed by atoms with Crippen molar-refractivity contribution in [3.05, 3.63) is 47.4 Å². The van der Waals surface area contributed by atoms with Crippen molar-refractivity contribution < 1.29 is 23.6 Å². The van der Waals surface area contributed by atoms with Crippen LogP contribution >= 0.6 is 0 Å². The van der Waals surface area contributed by atoms with E-state index in [2.05, 4.69) is 10.1 Å². The minimum absolute atomic E-state index is 0.0498. The molecular weight excluding hydrogens is 329 g/mol. The summed E-state index contributed by atoms with van der Waals surface area (Å²) in [5.41, 5.74) is 0.649. The van der Waals surface area contributed by atoms with E-state index < -0.39 is 18.3 Å². The molecule has 0 saturated heterocycles. The standard InChI is InChI=1S/C17H20FN3O4/c1-11(2)17-19-14(25-20-17)7-8-15(22)21(10-16(23)24)9-12-3-5-13(18)6-4-12/h3-6,11H,7-10H2,1-2H3,(H,23,24). The number of halogens is 1. The van der Waals surface area contributed by atoms with Gasteiger partial charge in [-0.05, 0) is 17.7 Å². The minimum atomic E-state index is -1.12. The molecule has 0 aliphatic carbocycles.